The third-order valence-electron chi connectivity index (χ3n) is 4.35. The summed E-state index contributed by atoms with van der Waals surface area (Å²) in [6.07, 6.45) is 0.506. The molecular weight excluding hydrogens is 451 g/mol. The van der Waals surface area contributed by atoms with Crippen molar-refractivity contribution >= 4 is 58.4 Å². The van der Waals surface area contributed by atoms with Crippen LogP contribution in [0.3, 0.4) is 0 Å². The van der Waals surface area contributed by atoms with Gasteiger partial charge < -0.3 is 10.2 Å². The Morgan fingerprint density at radius 2 is 1.83 bits per heavy atom. The molecule has 0 spiro atoms. The van der Waals surface area contributed by atoms with Crippen molar-refractivity contribution < 1.29 is 9.59 Å². The van der Waals surface area contributed by atoms with Gasteiger partial charge in [-0.2, -0.15) is 0 Å². The highest BCUT2D eigenvalue weighted by Gasteiger charge is 2.28. The van der Waals surface area contributed by atoms with E-state index in [2.05, 4.69) is 5.32 Å². The molecule has 0 unspecified atom stereocenters. The highest BCUT2D eigenvalue weighted by Crippen LogP contribution is 2.24. The van der Waals surface area contributed by atoms with E-state index in [-0.39, 0.29) is 24.1 Å². The van der Waals surface area contributed by atoms with Gasteiger partial charge in [0.05, 0.1) is 15.8 Å². The van der Waals surface area contributed by atoms with Crippen LogP contribution in [0, 0.1) is 0 Å². The van der Waals surface area contributed by atoms with Crippen molar-refractivity contribution in [3.8, 4) is 0 Å². The fraction of sp³-hybridized carbons (Fsp3) is 0.333. The molecule has 1 N–H and O–H groups in total. The van der Waals surface area contributed by atoms with Crippen molar-refractivity contribution in [3.63, 3.8) is 0 Å². The van der Waals surface area contributed by atoms with Crippen molar-refractivity contribution in [1.82, 2.24) is 10.2 Å². The van der Waals surface area contributed by atoms with Crippen LogP contribution in [0.15, 0.2) is 42.5 Å². The number of benzene rings is 2. The van der Waals surface area contributed by atoms with Gasteiger partial charge >= 0.3 is 0 Å². The topological polar surface area (TPSA) is 49.4 Å². The minimum absolute atomic E-state index is 0.112. The fourth-order valence-corrected chi connectivity index (χ4v) is 4.28. The lowest BCUT2D eigenvalue weighted by Gasteiger charge is -2.30. The van der Waals surface area contributed by atoms with Crippen LogP contribution in [-0.4, -0.2) is 35.6 Å². The van der Waals surface area contributed by atoms with E-state index in [0.29, 0.717) is 27.2 Å². The van der Waals surface area contributed by atoms with E-state index in [1.54, 1.807) is 24.1 Å². The summed E-state index contributed by atoms with van der Waals surface area (Å²) >= 11 is 19.6. The third-order valence-corrected chi connectivity index (χ3v) is 6.32. The SMILES string of the molecule is CC[C@H](C(=O)NC)N(Cc1ccc(Cl)c(Cl)c1)C(=O)CSCc1cccc(Cl)c1. The molecule has 4 nitrogen and oxygen atoms in total. The molecule has 0 radical (unpaired) electrons. The Bertz CT molecular complexity index is 864. The summed E-state index contributed by atoms with van der Waals surface area (Å²) in [4.78, 5) is 27.0. The molecule has 2 aromatic carbocycles. The number of nitrogens with zero attached hydrogens (tertiary/aromatic N) is 1. The van der Waals surface area contributed by atoms with E-state index in [4.69, 9.17) is 34.8 Å². The summed E-state index contributed by atoms with van der Waals surface area (Å²) in [6, 6.07) is 12.2. The van der Waals surface area contributed by atoms with Gasteiger partial charge in [0, 0.05) is 24.4 Å². The third kappa shape index (κ3) is 7.10. The largest absolute Gasteiger partial charge is 0.357 e. The van der Waals surface area contributed by atoms with Gasteiger partial charge in [0.25, 0.3) is 0 Å². The molecule has 8 heteroatoms. The number of halogens is 3. The molecule has 0 aromatic heterocycles. The van der Waals surface area contributed by atoms with Crippen LogP contribution >= 0.6 is 46.6 Å². The van der Waals surface area contributed by atoms with Crippen LogP contribution in [0.2, 0.25) is 15.1 Å². The van der Waals surface area contributed by atoms with Crippen LogP contribution < -0.4 is 5.32 Å². The summed E-state index contributed by atoms with van der Waals surface area (Å²) in [6.45, 7) is 2.16. The van der Waals surface area contributed by atoms with Crippen molar-refractivity contribution in [3.05, 3.63) is 68.7 Å². The molecule has 0 aliphatic rings. The van der Waals surface area contributed by atoms with Crippen LogP contribution in [-0.2, 0) is 21.9 Å². The average molecular weight is 474 g/mol. The molecule has 0 aliphatic heterocycles. The molecule has 29 heavy (non-hydrogen) atoms. The summed E-state index contributed by atoms with van der Waals surface area (Å²) in [7, 11) is 1.57. The Morgan fingerprint density at radius 1 is 1.07 bits per heavy atom. The molecule has 156 valence electrons. The maximum absolute atomic E-state index is 13.0. The highest BCUT2D eigenvalue weighted by atomic mass is 35.5. The number of carbonyl (C=O) groups is 2. The number of hydrogen-bond donors (Lipinski definition) is 1. The second-order valence-corrected chi connectivity index (χ2v) is 8.67. The van der Waals surface area contributed by atoms with Crippen molar-refractivity contribution in [2.45, 2.75) is 31.7 Å². The molecule has 0 aliphatic carbocycles. The van der Waals surface area contributed by atoms with Crippen molar-refractivity contribution in [2.75, 3.05) is 12.8 Å². The Kier molecular flexibility index (Phi) is 9.63. The highest BCUT2D eigenvalue weighted by molar-refractivity contribution is 7.99. The molecule has 2 amide bonds. The zero-order valence-corrected chi connectivity index (χ0v) is 19.3. The maximum atomic E-state index is 13.0. The number of rotatable bonds is 9. The Hall–Kier alpha value is -1.40. The lowest BCUT2D eigenvalue weighted by molar-refractivity contribution is -0.139. The summed E-state index contributed by atoms with van der Waals surface area (Å²) in [5.74, 6) is 0.602. The standard InChI is InChI=1S/C21H23Cl3N2O2S/c1-3-19(21(28)25-2)26(11-14-7-8-17(23)18(24)10-14)20(27)13-29-12-15-5-4-6-16(22)9-15/h4-10,19H,3,11-13H2,1-2H3,(H,25,28)/t19-/m1/s1. The number of amides is 2. The maximum Gasteiger partial charge on any atom is 0.242 e. The van der Waals surface area contributed by atoms with Gasteiger partial charge in [0.15, 0.2) is 0 Å². The molecule has 0 heterocycles. The van der Waals surface area contributed by atoms with E-state index in [1.807, 2.05) is 37.3 Å². The average Bonchev–Trinajstić information content (AvgIpc) is 2.70. The smallest absolute Gasteiger partial charge is 0.242 e. The number of hydrogen-bond acceptors (Lipinski definition) is 3. The first kappa shape index (κ1) is 23.9. The number of carbonyl (C=O) groups excluding carboxylic acids is 2. The molecule has 0 saturated heterocycles. The van der Waals surface area contributed by atoms with E-state index in [9.17, 15) is 9.59 Å². The van der Waals surface area contributed by atoms with Gasteiger partial charge in [0.1, 0.15) is 6.04 Å². The first-order chi connectivity index (χ1) is 13.8. The first-order valence-corrected chi connectivity index (χ1v) is 11.4. The Balaban J connectivity index is 2.13. The zero-order valence-electron chi connectivity index (χ0n) is 16.3. The van der Waals surface area contributed by atoms with Crippen LogP contribution in [0.25, 0.3) is 0 Å². The normalized spacial score (nSPS) is 11.8. The first-order valence-electron chi connectivity index (χ1n) is 9.12. The minimum Gasteiger partial charge on any atom is -0.357 e. The number of likely N-dealkylation sites (N-methyl/N-ethyl adjacent to an activating group) is 1. The number of thioether (sulfide) groups is 1. The predicted molar refractivity (Wildman–Crippen MR) is 123 cm³/mol. The second kappa shape index (κ2) is 11.7. The Labute approximate surface area is 190 Å². The quantitative estimate of drug-likeness (QED) is 0.528. The molecule has 2 rings (SSSR count). The second-order valence-electron chi connectivity index (χ2n) is 6.43. The molecular formula is C21H23Cl3N2O2S. The van der Waals surface area contributed by atoms with Crippen molar-refractivity contribution in [2.24, 2.45) is 0 Å². The predicted octanol–water partition coefficient (Wildman–Crippen LogP) is 5.43. The zero-order chi connectivity index (χ0) is 21.4. The molecule has 0 fully saturated rings. The van der Waals surface area contributed by atoms with Crippen molar-refractivity contribution in [1.29, 1.82) is 0 Å². The number of nitrogens with one attached hydrogen (secondary N) is 1. The lowest BCUT2D eigenvalue weighted by atomic mass is 10.1. The lowest BCUT2D eigenvalue weighted by Crippen LogP contribution is -2.48. The van der Waals surface area contributed by atoms with E-state index in [1.165, 1.54) is 11.8 Å². The van der Waals surface area contributed by atoms with Crippen LogP contribution in [0.5, 0.6) is 0 Å². The molecule has 2 aromatic rings. The van der Waals surface area contributed by atoms with Gasteiger partial charge in [-0.1, -0.05) is 59.9 Å². The van der Waals surface area contributed by atoms with Gasteiger partial charge in [-0.05, 0) is 41.8 Å². The van der Waals surface area contributed by atoms with E-state index >= 15 is 0 Å². The minimum atomic E-state index is -0.561. The van der Waals surface area contributed by atoms with Gasteiger partial charge in [-0.25, -0.2) is 0 Å². The van der Waals surface area contributed by atoms with Gasteiger partial charge in [-0.15, -0.1) is 11.8 Å². The van der Waals surface area contributed by atoms with E-state index < -0.39 is 6.04 Å². The summed E-state index contributed by atoms with van der Waals surface area (Å²) in [5.41, 5.74) is 1.86. The fourth-order valence-electron chi connectivity index (χ4n) is 2.89. The van der Waals surface area contributed by atoms with Gasteiger partial charge in [0.2, 0.25) is 11.8 Å². The summed E-state index contributed by atoms with van der Waals surface area (Å²) < 4.78 is 0. The monoisotopic (exact) mass is 472 g/mol. The Morgan fingerprint density at radius 3 is 2.45 bits per heavy atom. The van der Waals surface area contributed by atoms with Gasteiger partial charge in [-0.3, -0.25) is 9.59 Å². The van der Waals surface area contributed by atoms with E-state index in [0.717, 1.165) is 11.1 Å². The molecule has 0 saturated carbocycles. The molecule has 1 atom stereocenters. The van der Waals surface area contributed by atoms with Crippen LogP contribution in [0.4, 0.5) is 0 Å². The summed E-state index contributed by atoms with van der Waals surface area (Å²) in [5, 5.41) is 4.18. The van der Waals surface area contributed by atoms with Crippen LogP contribution in [0.1, 0.15) is 24.5 Å². The molecule has 0 bridgehead atoms.